The Morgan fingerprint density at radius 2 is 2.11 bits per heavy atom. The number of ether oxygens (including phenoxy) is 1. The van der Waals surface area contributed by atoms with Gasteiger partial charge in [0, 0.05) is 17.6 Å². The topological polar surface area (TPSA) is 67.4 Å². The van der Waals surface area contributed by atoms with Crippen molar-refractivity contribution in [1.29, 1.82) is 0 Å². The van der Waals surface area contributed by atoms with Crippen molar-refractivity contribution in [3.05, 3.63) is 29.0 Å². The predicted molar refractivity (Wildman–Crippen MR) is 103 cm³/mol. The Balaban J connectivity index is 1.25. The van der Waals surface area contributed by atoms with Crippen molar-refractivity contribution in [3.63, 3.8) is 0 Å². The average molecular weight is 431 g/mol. The van der Waals surface area contributed by atoms with Crippen molar-refractivity contribution in [2.75, 3.05) is 12.4 Å². The summed E-state index contributed by atoms with van der Waals surface area (Å²) in [6.45, 7) is -0.229. The minimum absolute atomic E-state index is 0.00895. The molecule has 152 valence electrons. The van der Waals surface area contributed by atoms with Crippen LogP contribution in [0.1, 0.15) is 25.7 Å². The Labute approximate surface area is 170 Å². The summed E-state index contributed by atoms with van der Waals surface area (Å²) in [6, 6.07) is 3.96. The fraction of sp³-hybridized carbons (Fsp3) is 0.579. The number of hydrogen-bond acceptors (Lipinski definition) is 4. The molecule has 3 aliphatic carbocycles. The second-order valence-electron chi connectivity index (χ2n) is 7.78. The van der Waals surface area contributed by atoms with Crippen molar-refractivity contribution >= 4 is 35.2 Å². The maximum atomic E-state index is 13.8. The number of nitrogens with one attached hydrogen (secondary N) is 2. The highest BCUT2D eigenvalue weighted by molar-refractivity contribution is 8.00. The lowest BCUT2D eigenvalue weighted by atomic mass is 9.76. The zero-order valence-corrected chi connectivity index (χ0v) is 16.6. The fourth-order valence-electron chi connectivity index (χ4n) is 4.42. The molecule has 28 heavy (non-hydrogen) atoms. The summed E-state index contributed by atoms with van der Waals surface area (Å²) < 4.78 is 32.5. The van der Waals surface area contributed by atoms with Crippen LogP contribution in [0.4, 0.5) is 8.78 Å². The number of benzene rings is 1. The van der Waals surface area contributed by atoms with Crippen molar-refractivity contribution < 1.29 is 23.1 Å². The third-order valence-corrected chi connectivity index (χ3v) is 7.40. The Kier molecular flexibility index (Phi) is 5.44. The average Bonchev–Trinajstić information content (AvgIpc) is 3.28. The number of rotatable bonds is 6. The molecule has 4 fully saturated rings. The van der Waals surface area contributed by atoms with E-state index in [1.54, 1.807) is 0 Å². The van der Waals surface area contributed by atoms with E-state index in [-0.39, 0.29) is 40.8 Å². The van der Waals surface area contributed by atoms with Crippen LogP contribution in [0.5, 0.6) is 5.75 Å². The predicted octanol–water partition coefficient (Wildman–Crippen LogP) is 2.86. The molecule has 3 atom stereocenters. The van der Waals surface area contributed by atoms with Gasteiger partial charge in [0.1, 0.15) is 23.0 Å². The van der Waals surface area contributed by atoms with Gasteiger partial charge in [0.25, 0.3) is 5.91 Å². The van der Waals surface area contributed by atoms with E-state index in [0.29, 0.717) is 24.5 Å². The summed E-state index contributed by atoms with van der Waals surface area (Å²) >= 11 is 6.98. The largest absolute Gasteiger partial charge is 0.484 e. The lowest BCUT2D eigenvalue weighted by molar-refractivity contribution is -0.126. The van der Waals surface area contributed by atoms with E-state index in [2.05, 4.69) is 10.6 Å². The maximum absolute atomic E-state index is 13.8. The molecule has 2 N–H and O–H groups in total. The van der Waals surface area contributed by atoms with Crippen LogP contribution < -0.4 is 15.4 Å². The van der Waals surface area contributed by atoms with E-state index in [0.717, 1.165) is 18.9 Å². The number of carbonyl (C=O) groups is 2. The number of amides is 2. The monoisotopic (exact) mass is 430 g/mol. The first kappa shape index (κ1) is 19.8. The van der Waals surface area contributed by atoms with Gasteiger partial charge < -0.3 is 15.4 Å². The maximum Gasteiger partial charge on any atom is 0.258 e. The van der Waals surface area contributed by atoms with Gasteiger partial charge in [-0.25, -0.2) is 8.78 Å². The molecule has 0 aromatic heterocycles. The molecule has 0 spiro atoms. The molecular weight excluding hydrogens is 410 g/mol. The number of fused-ring (bicyclic) bond motifs is 1. The Hall–Kier alpha value is -1.54. The van der Waals surface area contributed by atoms with Gasteiger partial charge in [0.05, 0.1) is 5.02 Å². The van der Waals surface area contributed by atoms with E-state index in [1.165, 1.54) is 23.9 Å². The summed E-state index contributed by atoms with van der Waals surface area (Å²) in [4.78, 5) is 24.5. The molecule has 1 aliphatic heterocycles. The highest BCUT2D eigenvalue weighted by atomic mass is 35.5. The summed E-state index contributed by atoms with van der Waals surface area (Å²) in [5.41, 5.74) is -0.341. The van der Waals surface area contributed by atoms with Gasteiger partial charge >= 0.3 is 0 Å². The number of alkyl halides is 1. The van der Waals surface area contributed by atoms with Crippen molar-refractivity contribution in [2.24, 2.45) is 5.92 Å². The first-order valence-corrected chi connectivity index (χ1v) is 10.7. The molecule has 1 aromatic carbocycles. The molecule has 2 amide bonds. The standard InChI is InChI=1S/C19H21ClF2N2O3S/c20-12-2-1-11(5-14(12)22)27-9-16(25)24-19-6-10(7-19)15(8-19)23-18(26)17-13(21)3-4-28-17/h1-2,5,10,13,15,17H,3-4,6-9H2,(H,23,26)(H,24,25). The van der Waals surface area contributed by atoms with Gasteiger partial charge in [0.2, 0.25) is 5.91 Å². The molecule has 1 heterocycles. The van der Waals surface area contributed by atoms with Gasteiger partial charge in [-0.05, 0) is 49.5 Å². The van der Waals surface area contributed by atoms with Crippen LogP contribution in [0.2, 0.25) is 5.02 Å². The molecule has 1 aromatic rings. The molecule has 1 saturated heterocycles. The van der Waals surface area contributed by atoms with Crippen LogP contribution in [0.15, 0.2) is 18.2 Å². The highest BCUT2D eigenvalue weighted by Crippen LogP contribution is 2.52. The van der Waals surface area contributed by atoms with Gasteiger partial charge in [-0.2, -0.15) is 0 Å². The smallest absolute Gasteiger partial charge is 0.258 e. The summed E-state index contributed by atoms with van der Waals surface area (Å²) in [7, 11) is 0. The van der Waals surface area contributed by atoms with Crippen LogP contribution in [0, 0.1) is 11.7 Å². The summed E-state index contributed by atoms with van der Waals surface area (Å²) in [5, 5.41) is 5.33. The van der Waals surface area contributed by atoms with Crippen molar-refractivity contribution in [2.45, 2.75) is 48.7 Å². The van der Waals surface area contributed by atoms with Crippen molar-refractivity contribution in [1.82, 2.24) is 10.6 Å². The molecular formula is C19H21ClF2N2O3S. The minimum Gasteiger partial charge on any atom is -0.484 e. The number of thioether (sulfide) groups is 1. The molecule has 3 saturated carbocycles. The van der Waals surface area contributed by atoms with E-state index < -0.39 is 17.2 Å². The van der Waals surface area contributed by atoms with E-state index >= 15 is 0 Å². The van der Waals surface area contributed by atoms with Gasteiger partial charge in [-0.1, -0.05) is 11.6 Å². The zero-order chi connectivity index (χ0) is 19.9. The highest BCUT2D eigenvalue weighted by Gasteiger charge is 2.57. The molecule has 4 aliphatic rings. The normalized spacial score (nSPS) is 33.2. The molecule has 9 heteroatoms. The number of carbonyl (C=O) groups excluding carboxylic acids is 2. The van der Waals surface area contributed by atoms with Gasteiger partial charge in [-0.3, -0.25) is 9.59 Å². The Bertz CT molecular complexity index is 790. The van der Waals surface area contributed by atoms with E-state index in [4.69, 9.17) is 16.3 Å². The first-order valence-electron chi connectivity index (χ1n) is 9.30. The lowest BCUT2D eigenvalue weighted by Crippen LogP contribution is -2.53. The van der Waals surface area contributed by atoms with Gasteiger partial charge in [0.15, 0.2) is 6.61 Å². The Morgan fingerprint density at radius 1 is 1.32 bits per heavy atom. The second kappa shape index (κ2) is 7.71. The van der Waals surface area contributed by atoms with Gasteiger partial charge in [-0.15, -0.1) is 11.8 Å². The zero-order valence-electron chi connectivity index (χ0n) is 15.1. The molecule has 5 rings (SSSR count). The van der Waals surface area contributed by atoms with Crippen LogP contribution in [-0.4, -0.2) is 47.2 Å². The van der Waals surface area contributed by atoms with Crippen LogP contribution in [0.3, 0.4) is 0 Å². The molecule has 0 radical (unpaired) electrons. The quantitative estimate of drug-likeness (QED) is 0.728. The SMILES string of the molecule is O=C(COc1ccc(Cl)c(F)c1)NC12CC(C1)C(NC(=O)C1SCCC1F)C2. The van der Waals surface area contributed by atoms with Crippen LogP contribution >= 0.6 is 23.4 Å². The van der Waals surface area contributed by atoms with Crippen molar-refractivity contribution in [3.8, 4) is 5.75 Å². The summed E-state index contributed by atoms with van der Waals surface area (Å²) in [6.07, 6.45) is 1.56. The van der Waals surface area contributed by atoms with E-state index in [9.17, 15) is 18.4 Å². The fourth-order valence-corrected chi connectivity index (χ4v) is 5.72. The summed E-state index contributed by atoms with van der Waals surface area (Å²) in [5.74, 6) is 0.0704. The lowest BCUT2D eigenvalue weighted by Gasteiger charge is -2.39. The molecule has 2 bridgehead atoms. The third kappa shape index (κ3) is 3.94. The van der Waals surface area contributed by atoms with Crippen LogP contribution in [-0.2, 0) is 9.59 Å². The second-order valence-corrected chi connectivity index (χ2v) is 9.43. The molecule has 3 unspecified atom stereocenters. The minimum atomic E-state index is -1.08. The number of hydrogen-bond donors (Lipinski definition) is 2. The first-order chi connectivity index (χ1) is 13.3. The Morgan fingerprint density at radius 3 is 2.79 bits per heavy atom. The van der Waals surface area contributed by atoms with Crippen LogP contribution in [0.25, 0.3) is 0 Å². The molecule has 5 nitrogen and oxygen atoms in total. The third-order valence-electron chi connectivity index (χ3n) is 5.76. The van der Waals surface area contributed by atoms with E-state index in [1.807, 2.05) is 0 Å². The number of halogens is 3.